The molecular weight excluding hydrogens is 482 g/mol. The Morgan fingerprint density at radius 3 is 2.24 bits per heavy atom. The number of rotatable bonds is 13. The third-order valence-corrected chi connectivity index (χ3v) is 5.57. The van der Waals surface area contributed by atoms with E-state index in [4.69, 9.17) is 9.47 Å². The van der Waals surface area contributed by atoms with Crippen molar-refractivity contribution in [3.63, 3.8) is 0 Å². The molecule has 0 aliphatic carbocycles. The molecule has 2 aromatic rings. The maximum Gasteiger partial charge on any atom is 0.408 e. The molecule has 0 heterocycles. The van der Waals surface area contributed by atoms with Crippen molar-refractivity contribution < 1.29 is 23.9 Å². The number of carbonyl (C=O) groups is 3. The van der Waals surface area contributed by atoms with Crippen molar-refractivity contribution in [1.29, 1.82) is 0 Å². The molecule has 0 saturated heterocycles. The van der Waals surface area contributed by atoms with Gasteiger partial charge in [0.15, 0.2) is 0 Å². The lowest BCUT2D eigenvalue weighted by Gasteiger charge is -2.24. The topological polar surface area (TPSA) is 106 Å². The summed E-state index contributed by atoms with van der Waals surface area (Å²) >= 11 is 0. The Kier molecular flexibility index (Phi) is 12.4. The van der Waals surface area contributed by atoms with Crippen LogP contribution < -0.4 is 20.7 Å². The lowest BCUT2D eigenvalue weighted by Crippen LogP contribution is -2.50. The van der Waals surface area contributed by atoms with Gasteiger partial charge in [-0.15, -0.1) is 0 Å². The number of anilines is 1. The number of hydrogen-bond donors (Lipinski definition) is 3. The number of benzene rings is 2. The van der Waals surface area contributed by atoms with Gasteiger partial charge in [-0.05, 0) is 76.3 Å². The highest BCUT2D eigenvalue weighted by Crippen LogP contribution is 2.15. The van der Waals surface area contributed by atoms with E-state index in [0.717, 1.165) is 12.8 Å². The molecule has 0 unspecified atom stereocenters. The highest BCUT2D eigenvalue weighted by atomic mass is 16.6. The van der Waals surface area contributed by atoms with Gasteiger partial charge in [-0.2, -0.15) is 0 Å². The molecular formula is C30H41N3O5. The smallest absolute Gasteiger partial charge is 0.408 e. The molecule has 0 aliphatic rings. The summed E-state index contributed by atoms with van der Waals surface area (Å²) in [6, 6.07) is 16.0. The molecule has 3 N–H and O–H groups in total. The standard InChI is InChI=1S/C30H41N3O5/c1-6-11-26(33-29(36)38-30(2,3)4)28(35)32-23(15-10-14-22-12-8-7-9-13-22)18-21-27(34)31-24-16-19-25(37-5)20-17-24/h7-9,12-13,16-21,23,26H,6,10-11,14-15H2,1-5H3,(H,31,34)(H,32,35)(H,33,36)/b21-18+/t23-,26-/m0/s1. The van der Waals surface area contributed by atoms with Gasteiger partial charge in [-0.3, -0.25) is 9.59 Å². The van der Waals surface area contributed by atoms with E-state index >= 15 is 0 Å². The number of methoxy groups -OCH3 is 1. The number of aryl methyl sites for hydroxylation is 1. The molecule has 2 aromatic carbocycles. The molecule has 0 spiro atoms. The van der Waals surface area contributed by atoms with Gasteiger partial charge < -0.3 is 25.4 Å². The quantitative estimate of drug-likeness (QED) is 0.305. The van der Waals surface area contributed by atoms with Crippen LogP contribution in [0.2, 0.25) is 0 Å². The van der Waals surface area contributed by atoms with Crippen LogP contribution in [0.1, 0.15) is 58.9 Å². The second-order valence-corrected chi connectivity index (χ2v) is 10.1. The number of ether oxygens (including phenoxy) is 2. The van der Waals surface area contributed by atoms with E-state index in [-0.39, 0.29) is 11.8 Å². The number of nitrogens with one attached hydrogen (secondary N) is 3. The average Bonchev–Trinajstić information content (AvgIpc) is 2.87. The Morgan fingerprint density at radius 1 is 0.947 bits per heavy atom. The Bertz CT molecular complexity index is 1050. The van der Waals surface area contributed by atoms with E-state index in [1.54, 1.807) is 58.2 Å². The molecule has 3 amide bonds. The minimum atomic E-state index is -0.743. The predicted molar refractivity (Wildman–Crippen MR) is 150 cm³/mol. The van der Waals surface area contributed by atoms with Crippen molar-refractivity contribution in [2.75, 3.05) is 12.4 Å². The van der Waals surface area contributed by atoms with Crippen LogP contribution >= 0.6 is 0 Å². The largest absolute Gasteiger partial charge is 0.497 e. The van der Waals surface area contributed by atoms with Gasteiger partial charge in [0.25, 0.3) is 0 Å². The number of hydrogen-bond acceptors (Lipinski definition) is 5. The molecule has 0 aromatic heterocycles. The predicted octanol–water partition coefficient (Wildman–Crippen LogP) is 5.39. The summed E-state index contributed by atoms with van der Waals surface area (Å²) in [4.78, 5) is 38.0. The molecule has 38 heavy (non-hydrogen) atoms. The van der Waals surface area contributed by atoms with E-state index in [0.29, 0.717) is 30.7 Å². The zero-order valence-electron chi connectivity index (χ0n) is 23.1. The minimum Gasteiger partial charge on any atom is -0.497 e. The van der Waals surface area contributed by atoms with Crippen LogP contribution in [-0.4, -0.2) is 42.7 Å². The Morgan fingerprint density at radius 2 is 1.63 bits per heavy atom. The van der Waals surface area contributed by atoms with Crippen LogP contribution in [0, 0.1) is 0 Å². The van der Waals surface area contributed by atoms with Crippen LogP contribution in [0.15, 0.2) is 66.7 Å². The van der Waals surface area contributed by atoms with Gasteiger partial charge in [0.2, 0.25) is 11.8 Å². The van der Waals surface area contributed by atoms with Crippen LogP contribution in [-0.2, 0) is 20.7 Å². The first-order chi connectivity index (χ1) is 18.1. The van der Waals surface area contributed by atoms with Crippen molar-refractivity contribution in [2.45, 2.75) is 77.5 Å². The molecule has 0 saturated carbocycles. The van der Waals surface area contributed by atoms with Crippen LogP contribution in [0.25, 0.3) is 0 Å². The maximum atomic E-state index is 13.1. The molecule has 206 valence electrons. The highest BCUT2D eigenvalue weighted by molar-refractivity contribution is 5.99. The number of carbonyl (C=O) groups excluding carboxylic acids is 3. The van der Waals surface area contributed by atoms with Crippen molar-refractivity contribution in [2.24, 2.45) is 0 Å². The zero-order chi connectivity index (χ0) is 28.0. The summed E-state index contributed by atoms with van der Waals surface area (Å²) < 4.78 is 10.5. The Balaban J connectivity index is 2.07. The van der Waals surface area contributed by atoms with Gasteiger partial charge in [-0.1, -0.05) is 49.8 Å². The highest BCUT2D eigenvalue weighted by Gasteiger charge is 2.25. The number of alkyl carbamates (subject to hydrolysis) is 1. The van der Waals surface area contributed by atoms with Crippen molar-refractivity contribution in [3.05, 3.63) is 72.3 Å². The fraction of sp³-hybridized carbons (Fsp3) is 0.433. The Labute approximate surface area is 226 Å². The maximum absolute atomic E-state index is 13.1. The molecule has 2 rings (SSSR count). The molecule has 0 fully saturated rings. The van der Waals surface area contributed by atoms with Crippen LogP contribution in [0.4, 0.5) is 10.5 Å². The fourth-order valence-electron chi connectivity index (χ4n) is 3.74. The van der Waals surface area contributed by atoms with E-state index in [1.165, 1.54) is 11.6 Å². The van der Waals surface area contributed by atoms with Gasteiger partial charge in [-0.25, -0.2) is 4.79 Å². The Hall–Kier alpha value is -3.81. The second kappa shape index (κ2) is 15.4. The summed E-state index contributed by atoms with van der Waals surface area (Å²) in [6.45, 7) is 7.25. The molecule has 0 bridgehead atoms. The second-order valence-electron chi connectivity index (χ2n) is 10.1. The zero-order valence-corrected chi connectivity index (χ0v) is 23.1. The van der Waals surface area contributed by atoms with E-state index in [9.17, 15) is 14.4 Å². The summed E-state index contributed by atoms with van der Waals surface area (Å²) in [7, 11) is 1.58. The normalized spacial score (nSPS) is 12.9. The SMILES string of the molecule is CCC[C@H](NC(=O)OC(C)(C)C)C(=O)N[C@H](/C=C/C(=O)Nc1ccc(OC)cc1)CCCc1ccccc1. The van der Waals surface area contributed by atoms with Crippen molar-refractivity contribution >= 4 is 23.6 Å². The van der Waals surface area contributed by atoms with Crippen LogP contribution in [0.5, 0.6) is 5.75 Å². The summed E-state index contributed by atoms with van der Waals surface area (Å²) in [6.07, 6.45) is 5.91. The first kappa shape index (κ1) is 30.4. The summed E-state index contributed by atoms with van der Waals surface area (Å²) in [5.74, 6) is 0.0680. The van der Waals surface area contributed by atoms with E-state index in [1.807, 2.05) is 25.1 Å². The minimum absolute atomic E-state index is 0.311. The third-order valence-electron chi connectivity index (χ3n) is 5.57. The van der Waals surface area contributed by atoms with Gasteiger partial charge in [0.1, 0.15) is 17.4 Å². The average molecular weight is 524 g/mol. The molecule has 0 aliphatic heterocycles. The van der Waals surface area contributed by atoms with E-state index < -0.39 is 23.8 Å². The first-order valence-corrected chi connectivity index (χ1v) is 13.1. The van der Waals surface area contributed by atoms with E-state index in [2.05, 4.69) is 28.1 Å². The molecule has 2 atom stereocenters. The summed E-state index contributed by atoms with van der Waals surface area (Å²) in [5.41, 5.74) is 1.17. The third kappa shape index (κ3) is 12.0. The van der Waals surface area contributed by atoms with Gasteiger partial charge >= 0.3 is 6.09 Å². The molecule has 8 nitrogen and oxygen atoms in total. The number of amides is 3. The van der Waals surface area contributed by atoms with Gasteiger partial charge in [0, 0.05) is 17.8 Å². The lowest BCUT2D eigenvalue weighted by atomic mass is 10.0. The fourth-order valence-corrected chi connectivity index (χ4v) is 3.74. The molecule has 0 radical (unpaired) electrons. The summed E-state index contributed by atoms with van der Waals surface area (Å²) in [5, 5.41) is 8.49. The van der Waals surface area contributed by atoms with Crippen molar-refractivity contribution in [1.82, 2.24) is 10.6 Å². The monoisotopic (exact) mass is 523 g/mol. The van der Waals surface area contributed by atoms with Crippen molar-refractivity contribution in [3.8, 4) is 5.75 Å². The van der Waals surface area contributed by atoms with Gasteiger partial charge in [0.05, 0.1) is 7.11 Å². The lowest BCUT2D eigenvalue weighted by molar-refractivity contribution is -0.124. The van der Waals surface area contributed by atoms with Crippen LogP contribution in [0.3, 0.4) is 0 Å². The first-order valence-electron chi connectivity index (χ1n) is 13.1. The molecule has 8 heteroatoms.